The zero-order valence-electron chi connectivity index (χ0n) is 11.2. The second-order valence-electron chi connectivity index (χ2n) is 4.24. The van der Waals surface area contributed by atoms with Gasteiger partial charge >= 0.3 is 0 Å². The Bertz CT molecular complexity index is 816. The average Bonchev–Trinajstić information content (AvgIpc) is 2.91. The number of hydrogen-bond donors (Lipinski definition) is 1. The van der Waals surface area contributed by atoms with E-state index in [2.05, 4.69) is 0 Å². The molecule has 110 valence electrons. The Morgan fingerprint density at radius 1 is 1.27 bits per heavy atom. The normalized spacial score (nSPS) is 11.6. The smallest absolute Gasteiger partial charge is 0.136 e. The summed E-state index contributed by atoms with van der Waals surface area (Å²) in [6.45, 7) is 0. The van der Waals surface area contributed by atoms with Crippen LogP contribution in [0.25, 0.3) is 17.4 Å². The van der Waals surface area contributed by atoms with Crippen LogP contribution in [0.5, 0.6) is 0 Å². The summed E-state index contributed by atoms with van der Waals surface area (Å²) in [4.78, 5) is 0.0558. The molecule has 0 saturated heterocycles. The van der Waals surface area contributed by atoms with Crippen molar-refractivity contribution in [2.24, 2.45) is 5.73 Å². The molecule has 2 N–H and O–H groups in total. The number of halogens is 2. The van der Waals surface area contributed by atoms with Gasteiger partial charge in [0.05, 0.1) is 10.6 Å². The Morgan fingerprint density at radius 2 is 2.05 bits per heavy atom. The average molecular weight is 349 g/mol. The molecule has 1 heterocycles. The first-order valence-electron chi connectivity index (χ1n) is 6.15. The molecule has 0 aliphatic carbocycles. The maximum atomic E-state index is 8.83. The van der Waals surface area contributed by atoms with Crippen molar-refractivity contribution in [2.75, 3.05) is 0 Å². The summed E-state index contributed by atoms with van der Waals surface area (Å²) in [5.41, 5.74) is 6.38. The molecule has 2 rings (SSSR count). The fraction of sp³-hybridized carbons (Fsp3) is 0. The lowest BCUT2D eigenvalue weighted by atomic mass is 10.2. The molecule has 1 aromatic carbocycles. The lowest BCUT2D eigenvalue weighted by Gasteiger charge is -2.00. The van der Waals surface area contributed by atoms with Gasteiger partial charge in [0.25, 0.3) is 0 Å². The third kappa shape index (κ3) is 3.99. The quantitative estimate of drug-likeness (QED) is 0.365. The van der Waals surface area contributed by atoms with E-state index < -0.39 is 0 Å². The summed E-state index contributed by atoms with van der Waals surface area (Å²) in [6, 6.07) is 10.7. The van der Waals surface area contributed by atoms with E-state index in [0.717, 1.165) is 5.56 Å². The third-order valence-corrected chi connectivity index (χ3v) is 3.50. The van der Waals surface area contributed by atoms with Gasteiger partial charge in [0.2, 0.25) is 0 Å². The maximum absolute atomic E-state index is 8.83. The second kappa shape index (κ2) is 7.28. The predicted octanol–water partition coefficient (Wildman–Crippen LogP) is 5.00. The number of furan rings is 1. The topological polar surface area (TPSA) is 63.0 Å². The first-order chi connectivity index (χ1) is 10.5. The van der Waals surface area contributed by atoms with Gasteiger partial charge in [-0.3, -0.25) is 0 Å². The first kappa shape index (κ1) is 16.3. The monoisotopic (exact) mass is 348 g/mol. The van der Waals surface area contributed by atoms with Crippen LogP contribution in [0, 0.1) is 11.3 Å². The molecule has 0 bridgehead atoms. The van der Waals surface area contributed by atoms with E-state index in [1.165, 1.54) is 6.08 Å². The van der Waals surface area contributed by atoms with Crippen molar-refractivity contribution in [3.8, 4) is 17.4 Å². The first-order valence-corrected chi connectivity index (χ1v) is 7.31. The minimum absolute atomic E-state index is 0.0558. The van der Waals surface area contributed by atoms with E-state index in [1.807, 2.05) is 6.07 Å². The van der Waals surface area contributed by atoms with E-state index in [0.29, 0.717) is 21.6 Å². The molecule has 0 fully saturated rings. The molecule has 0 saturated carbocycles. The summed E-state index contributed by atoms with van der Waals surface area (Å²) < 4.78 is 5.68. The number of nitrogens with zero attached hydrogens (tertiary/aromatic N) is 1. The van der Waals surface area contributed by atoms with Gasteiger partial charge in [-0.25, -0.2) is 0 Å². The highest BCUT2D eigenvalue weighted by Crippen LogP contribution is 2.31. The zero-order valence-corrected chi connectivity index (χ0v) is 13.5. The molecule has 6 heteroatoms. The summed E-state index contributed by atoms with van der Waals surface area (Å²) >= 11 is 16.7. The highest BCUT2D eigenvalue weighted by molar-refractivity contribution is 7.80. The van der Waals surface area contributed by atoms with E-state index in [9.17, 15) is 0 Å². The van der Waals surface area contributed by atoms with Gasteiger partial charge in [0.15, 0.2) is 0 Å². The lowest BCUT2D eigenvalue weighted by molar-refractivity contribution is 0.572. The van der Waals surface area contributed by atoms with E-state index in [4.69, 9.17) is 50.8 Å². The Balaban J connectivity index is 2.22. The molecule has 3 nitrogen and oxygen atoms in total. The van der Waals surface area contributed by atoms with Crippen LogP contribution < -0.4 is 5.73 Å². The van der Waals surface area contributed by atoms with Crippen molar-refractivity contribution in [1.29, 1.82) is 5.26 Å². The summed E-state index contributed by atoms with van der Waals surface area (Å²) in [6.07, 6.45) is 4.87. The van der Waals surface area contributed by atoms with Crippen LogP contribution in [0.1, 0.15) is 5.76 Å². The summed E-state index contributed by atoms with van der Waals surface area (Å²) in [5, 5.41) is 9.90. The van der Waals surface area contributed by atoms with Crippen LogP contribution in [0.3, 0.4) is 0 Å². The van der Waals surface area contributed by atoms with Gasteiger partial charge in [-0.15, -0.1) is 0 Å². The Kier molecular flexibility index (Phi) is 5.40. The minimum atomic E-state index is 0.0558. The van der Waals surface area contributed by atoms with Crippen molar-refractivity contribution < 1.29 is 4.42 Å². The molecule has 0 atom stereocenters. The number of allylic oxidation sites excluding steroid dienone is 2. The molecule has 0 unspecified atom stereocenters. The number of nitriles is 1. The largest absolute Gasteiger partial charge is 0.457 e. The van der Waals surface area contributed by atoms with Crippen molar-refractivity contribution >= 4 is 46.5 Å². The van der Waals surface area contributed by atoms with Crippen LogP contribution in [0.2, 0.25) is 10.0 Å². The SMILES string of the molecule is N#C/C(=C/C=C/c1ccc(-c2ccc(Cl)cc2Cl)o1)C(N)=S. The zero-order chi connectivity index (χ0) is 16.1. The third-order valence-electron chi connectivity index (χ3n) is 2.73. The van der Waals surface area contributed by atoms with E-state index in [1.54, 1.807) is 42.5 Å². The standard InChI is InChI=1S/C16H10Cl2N2OS/c17-11-4-6-13(14(18)8-11)15-7-5-12(21-15)3-1-2-10(9-19)16(20)22/h1-8H,(H2,20,22)/b3-1+,10-2-. The minimum Gasteiger partial charge on any atom is -0.457 e. The van der Waals surface area contributed by atoms with E-state index in [-0.39, 0.29) is 10.6 Å². The molecule has 0 aliphatic heterocycles. The highest BCUT2D eigenvalue weighted by Gasteiger charge is 2.08. The van der Waals surface area contributed by atoms with Crippen molar-refractivity contribution in [3.63, 3.8) is 0 Å². The molecule has 22 heavy (non-hydrogen) atoms. The Hall–Kier alpha value is -2.06. The van der Waals surface area contributed by atoms with E-state index >= 15 is 0 Å². The second-order valence-corrected chi connectivity index (χ2v) is 5.53. The van der Waals surface area contributed by atoms with Crippen LogP contribution >= 0.6 is 35.4 Å². The fourth-order valence-corrected chi connectivity index (χ4v) is 2.31. The highest BCUT2D eigenvalue weighted by atomic mass is 35.5. The van der Waals surface area contributed by atoms with Crippen LogP contribution in [0.4, 0.5) is 0 Å². The van der Waals surface area contributed by atoms with Crippen molar-refractivity contribution in [3.05, 3.63) is 63.9 Å². The molecule has 0 amide bonds. The van der Waals surface area contributed by atoms with Crippen LogP contribution in [-0.4, -0.2) is 4.99 Å². The molecule has 1 aromatic heterocycles. The lowest BCUT2D eigenvalue weighted by Crippen LogP contribution is -2.09. The molecule has 0 spiro atoms. The molecule has 2 aromatic rings. The number of hydrogen-bond acceptors (Lipinski definition) is 3. The van der Waals surface area contributed by atoms with Crippen molar-refractivity contribution in [2.45, 2.75) is 0 Å². The predicted molar refractivity (Wildman–Crippen MR) is 93.7 cm³/mol. The van der Waals surface area contributed by atoms with Gasteiger partial charge in [-0.05, 0) is 42.5 Å². The molecular formula is C16H10Cl2N2OS. The molecule has 0 radical (unpaired) electrons. The molecule has 0 aliphatic rings. The van der Waals surface area contributed by atoms with Crippen molar-refractivity contribution in [1.82, 2.24) is 0 Å². The number of nitrogens with two attached hydrogens (primary N) is 1. The van der Waals surface area contributed by atoms with Gasteiger partial charge in [0.1, 0.15) is 22.6 Å². The number of thiocarbonyl (C=S) groups is 1. The van der Waals surface area contributed by atoms with Gasteiger partial charge in [-0.1, -0.05) is 41.5 Å². The maximum Gasteiger partial charge on any atom is 0.136 e. The van der Waals surface area contributed by atoms with Gasteiger partial charge < -0.3 is 10.2 Å². The summed E-state index contributed by atoms with van der Waals surface area (Å²) in [7, 11) is 0. The van der Waals surface area contributed by atoms with Gasteiger partial charge in [0, 0.05) is 10.6 Å². The molecular weight excluding hydrogens is 339 g/mol. The number of benzene rings is 1. The number of rotatable bonds is 4. The fourth-order valence-electron chi connectivity index (χ4n) is 1.69. The van der Waals surface area contributed by atoms with Crippen LogP contribution in [-0.2, 0) is 0 Å². The summed E-state index contributed by atoms with van der Waals surface area (Å²) in [5.74, 6) is 1.23. The Morgan fingerprint density at radius 3 is 2.68 bits per heavy atom. The van der Waals surface area contributed by atoms with Crippen LogP contribution in [0.15, 0.2) is 52.5 Å². The van der Waals surface area contributed by atoms with Gasteiger partial charge in [-0.2, -0.15) is 5.26 Å². The Labute approximate surface area is 143 Å².